The summed E-state index contributed by atoms with van der Waals surface area (Å²) >= 11 is 0. The number of ether oxygens (including phenoxy) is 2. The van der Waals surface area contributed by atoms with E-state index in [2.05, 4.69) is 0 Å². The van der Waals surface area contributed by atoms with Crippen LogP contribution in [-0.2, 0) is 13.8 Å². The van der Waals surface area contributed by atoms with Gasteiger partial charge in [0.2, 0.25) is 0 Å². The molecule has 0 bridgehead atoms. The van der Waals surface area contributed by atoms with E-state index >= 15 is 0 Å². The van der Waals surface area contributed by atoms with Crippen molar-refractivity contribution in [2.75, 3.05) is 4.90 Å². The van der Waals surface area contributed by atoms with Gasteiger partial charge in [-0.05, 0) is 57.2 Å². The monoisotopic (exact) mass is 481 g/mol. The number of carbonyl (C=O) groups excluding carboxylic acids is 1. The third-order valence-electron chi connectivity index (χ3n) is 4.32. The van der Waals surface area contributed by atoms with Gasteiger partial charge < -0.3 is 23.0 Å². The summed E-state index contributed by atoms with van der Waals surface area (Å²) in [4.78, 5) is 14.3. The number of phosphoric ester groups is 1. The molecule has 1 aliphatic heterocycles. The van der Waals surface area contributed by atoms with Gasteiger partial charge in [0, 0.05) is 0 Å². The Balaban J connectivity index is 1.70. The fraction of sp³-hybridized carbons (Fsp3) is 0.160. The van der Waals surface area contributed by atoms with Crippen molar-refractivity contribution in [3.63, 3.8) is 0 Å². The maximum atomic E-state index is 13.8. The fourth-order valence-corrected chi connectivity index (χ4v) is 4.20. The van der Waals surface area contributed by atoms with Crippen LogP contribution in [0.3, 0.4) is 0 Å². The average molecular weight is 481 g/mol. The molecule has 34 heavy (non-hydrogen) atoms. The summed E-state index contributed by atoms with van der Waals surface area (Å²) < 4.78 is 42.1. The van der Waals surface area contributed by atoms with Gasteiger partial charge in [0.1, 0.15) is 17.1 Å². The first-order chi connectivity index (χ1) is 16.2. The van der Waals surface area contributed by atoms with Crippen LogP contribution in [0.4, 0.5) is 10.5 Å². The van der Waals surface area contributed by atoms with Crippen LogP contribution in [0.25, 0.3) is 0 Å². The third kappa shape index (κ3) is 5.71. The zero-order valence-electron chi connectivity index (χ0n) is 18.9. The summed E-state index contributed by atoms with van der Waals surface area (Å²) in [5.74, 6) is 0.679. The first kappa shape index (κ1) is 23.3. The van der Waals surface area contributed by atoms with E-state index in [9.17, 15) is 9.36 Å². The number of rotatable bonds is 6. The van der Waals surface area contributed by atoms with Crippen molar-refractivity contribution in [2.24, 2.45) is 0 Å². The van der Waals surface area contributed by atoms with Gasteiger partial charge in [0.05, 0.1) is 5.69 Å². The molecule has 4 rings (SSSR count). The Bertz CT molecular complexity index is 1180. The molecule has 1 amide bonds. The molecule has 0 spiro atoms. The van der Waals surface area contributed by atoms with Crippen LogP contribution in [0.5, 0.6) is 17.2 Å². The normalized spacial score (nSPS) is 13.1. The number of fused-ring (bicyclic) bond motifs is 1. The molecular weight excluding hydrogens is 457 g/mol. The van der Waals surface area contributed by atoms with Crippen molar-refractivity contribution in [2.45, 2.75) is 26.4 Å². The second-order valence-corrected chi connectivity index (χ2v) is 9.65. The van der Waals surface area contributed by atoms with Gasteiger partial charge in [-0.1, -0.05) is 48.5 Å². The van der Waals surface area contributed by atoms with Crippen molar-refractivity contribution in [1.82, 2.24) is 0 Å². The lowest BCUT2D eigenvalue weighted by atomic mass is 10.2. The van der Waals surface area contributed by atoms with Crippen LogP contribution in [0, 0.1) is 0 Å². The lowest BCUT2D eigenvalue weighted by Crippen LogP contribution is -2.38. The summed E-state index contributed by atoms with van der Waals surface area (Å²) in [6.07, 6.45) is 0.405. The Morgan fingerprint density at radius 2 is 1.32 bits per heavy atom. The van der Waals surface area contributed by atoms with Crippen molar-refractivity contribution < 1.29 is 32.4 Å². The fourth-order valence-electron chi connectivity index (χ4n) is 2.98. The molecule has 0 saturated heterocycles. The number of hydrogen-bond donors (Lipinski definition) is 0. The van der Waals surface area contributed by atoms with Crippen LogP contribution in [-0.4, -0.2) is 11.7 Å². The van der Waals surface area contributed by atoms with Crippen molar-refractivity contribution in [3.05, 3.63) is 97.1 Å². The summed E-state index contributed by atoms with van der Waals surface area (Å²) in [6, 6.07) is 23.7. The summed E-state index contributed by atoms with van der Waals surface area (Å²) in [6.45, 7) is 5.22. The molecule has 9 heteroatoms. The summed E-state index contributed by atoms with van der Waals surface area (Å²) in [5.41, 5.74) is -0.444. The van der Waals surface area contributed by atoms with E-state index in [4.69, 9.17) is 23.0 Å². The molecule has 0 aliphatic carbocycles. The molecule has 1 aliphatic rings. The van der Waals surface area contributed by atoms with Gasteiger partial charge in [-0.3, -0.25) is 0 Å². The van der Waals surface area contributed by atoms with Crippen LogP contribution in [0.1, 0.15) is 20.8 Å². The molecule has 0 aromatic heterocycles. The lowest BCUT2D eigenvalue weighted by molar-refractivity contribution is 0.0570. The van der Waals surface area contributed by atoms with Crippen molar-refractivity contribution in [3.8, 4) is 17.2 Å². The van der Waals surface area contributed by atoms with E-state index in [1.807, 2.05) is 0 Å². The molecule has 0 unspecified atom stereocenters. The van der Waals surface area contributed by atoms with Crippen LogP contribution >= 0.6 is 7.82 Å². The molecule has 0 atom stereocenters. The number of para-hydroxylation sites is 4. The number of hydrogen-bond acceptors (Lipinski definition) is 7. The van der Waals surface area contributed by atoms with Gasteiger partial charge in [0.15, 0.2) is 12.0 Å². The SMILES string of the molecule is CC(C)(C)OC(=O)N1C(OP(=O)(Oc2ccccc2)Oc2ccccc2)=COc2ccccc21. The van der Waals surface area contributed by atoms with Gasteiger partial charge in [-0.15, -0.1) is 0 Å². The molecule has 3 aromatic carbocycles. The summed E-state index contributed by atoms with van der Waals surface area (Å²) in [5, 5.41) is 0. The number of phosphoric acid groups is 1. The highest BCUT2D eigenvalue weighted by Crippen LogP contribution is 2.53. The van der Waals surface area contributed by atoms with E-state index in [1.54, 1.807) is 106 Å². The van der Waals surface area contributed by atoms with Crippen molar-refractivity contribution in [1.29, 1.82) is 0 Å². The van der Waals surface area contributed by atoms with E-state index in [0.717, 1.165) is 11.2 Å². The second-order valence-electron chi connectivity index (χ2n) is 8.20. The highest BCUT2D eigenvalue weighted by molar-refractivity contribution is 7.49. The molecule has 1 heterocycles. The van der Waals surface area contributed by atoms with E-state index in [-0.39, 0.29) is 17.4 Å². The topological polar surface area (TPSA) is 83.5 Å². The molecule has 0 saturated carbocycles. The first-order valence-corrected chi connectivity index (χ1v) is 12.0. The number of benzene rings is 3. The van der Waals surface area contributed by atoms with Gasteiger partial charge >= 0.3 is 13.9 Å². The largest absolute Gasteiger partial charge is 0.648 e. The smallest absolute Gasteiger partial charge is 0.457 e. The third-order valence-corrected chi connectivity index (χ3v) is 5.60. The van der Waals surface area contributed by atoms with E-state index < -0.39 is 19.5 Å². The lowest BCUT2D eigenvalue weighted by Gasteiger charge is -2.32. The van der Waals surface area contributed by atoms with Gasteiger partial charge in [-0.25, -0.2) is 9.69 Å². The number of nitrogens with zero attached hydrogens (tertiary/aromatic N) is 1. The number of carbonyl (C=O) groups is 1. The highest BCUT2D eigenvalue weighted by Gasteiger charge is 2.40. The number of anilines is 1. The quantitative estimate of drug-likeness (QED) is 0.354. The Labute approximate surface area is 197 Å². The van der Waals surface area contributed by atoms with E-state index in [1.165, 1.54) is 0 Å². The maximum absolute atomic E-state index is 13.8. The minimum absolute atomic E-state index is 0.219. The predicted octanol–water partition coefficient (Wildman–Crippen LogP) is 6.90. The Kier molecular flexibility index (Phi) is 6.52. The maximum Gasteiger partial charge on any atom is 0.648 e. The molecule has 0 N–H and O–H groups in total. The molecule has 176 valence electrons. The molecule has 3 aromatic rings. The Hall–Kier alpha value is -3.90. The van der Waals surface area contributed by atoms with Crippen LogP contribution in [0.2, 0.25) is 0 Å². The Morgan fingerprint density at radius 1 is 0.794 bits per heavy atom. The van der Waals surface area contributed by atoms with E-state index in [0.29, 0.717) is 11.4 Å². The zero-order valence-corrected chi connectivity index (χ0v) is 19.8. The standard InChI is InChI=1S/C25H24NO7P/c1-25(2,3)30-24(27)26-21-16-10-11-17-22(21)29-18-23(26)33-34(28,31-19-12-6-4-7-13-19)32-20-14-8-5-9-15-20/h4-18H,1-3H3. The molecular formula is C25H24NO7P. The molecule has 0 radical (unpaired) electrons. The first-order valence-electron chi connectivity index (χ1n) is 10.5. The van der Waals surface area contributed by atoms with Crippen molar-refractivity contribution >= 4 is 19.6 Å². The predicted molar refractivity (Wildman–Crippen MR) is 127 cm³/mol. The second kappa shape index (κ2) is 9.53. The highest BCUT2D eigenvalue weighted by atomic mass is 31.2. The Morgan fingerprint density at radius 3 is 1.88 bits per heavy atom. The van der Waals surface area contributed by atoms with Gasteiger partial charge in [-0.2, -0.15) is 4.57 Å². The number of amides is 1. The van der Waals surface area contributed by atoms with Crippen LogP contribution in [0.15, 0.2) is 97.1 Å². The van der Waals surface area contributed by atoms with Crippen LogP contribution < -0.4 is 18.7 Å². The zero-order chi connectivity index (χ0) is 24.2. The van der Waals surface area contributed by atoms with Gasteiger partial charge in [0.25, 0.3) is 5.88 Å². The average Bonchev–Trinajstić information content (AvgIpc) is 2.78. The summed E-state index contributed by atoms with van der Waals surface area (Å²) in [7, 11) is -4.37. The minimum Gasteiger partial charge on any atom is -0.457 e. The molecule has 8 nitrogen and oxygen atoms in total. The molecule has 0 fully saturated rings. The minimum atomic E-state index is -4.37.